The molecule has 0 saturated carbocycles. The van der Waals surface area contributed by atoms with Crippen LogP contribution in [0, 0.1) is 0 Å². The largest absolute Gasteiger partial charge is 0.394 e. The molecule has 1 unspecified atom stereocenters. The third-order valence-corrected chi connectivity index (χ3v) is 2.24. The highest BCUT2D eigenvalue weighted by Gasteiger charge is 2.20. The fraction of sp³-hybridized carbons (Fsp3) is 0.900. The van der Waals surface area contributed by atoms with E-state index in [2.05, 4.69) is 10.6 Å². The van der Waals surface area contributed by atoms with Gasteiger partial charge in [0.2, 0.25) is 5.91 Å². The number of carbonyl (C=O) groups is 1. The first kappa shape index (κ1) is 13.4. The van der Waals surface area contributed by atoms with Crippen molar-refractivity contribution < 1.29 is 19.4 Å². The van der Waals surface area contributed by atoms with Gasteiger partial charge in [-0.3, -0.25) is 4.79 Å². The summed E-state index contributed by atoms with van der Waals surface area (Å²) in [6.07, 6.45) is 0.749. The molecular weight excluding hydrogens is 212 g/mol. The first-order valence-corrected chi connectivity index (χ1v) is 5.62. The van der Waals surface area contributed by atoms with Gasteiger partial charge in [0.15, 0.2) is 0 Å². The molecule has 1 amide bonds. The lowest BCUT2D eigenvalue weighted by Crippen LogP contribution is -2.51. The van der Waals surface area contributed by atoms with Crippen molar-refractivity contribution in [2.24, 2.45) is 0 Å². The molecule has 1 saturated heterocycles. The summed E-state index contributed by atoms with van der Waals surface area (Å²) in [6, 6.07) is -0.230. The fourth-order valence-electron chi connectivity index (χ4n) is 1.41. The van der Waals surface area contributed by atoms with Gasteiger partial charge in [0.05, 0.1) is 26.4 Å². The van der Waals surface area contributed by atoms with Crippen LogP contribution >= 0.6 is 0 Å². The van der Waals surface area contributed by atoms with E-state index in [1.54, 1.807) is 0 Å². The second-order valence-corrected chi connectivity index (χ2v) is 3.56. The van der Waals surface area contributed by atoms with Crippen LogP contribution in [0.15, 0.2) is 0 Å². The third kappa shape index (κ3) is 5.41. The summed E-state index contributed by atoms with van der Waals surface area (Å²) in [5, 5.41) is 14.3. The van der Waals surface area contributed by atoms with E-state index >= 15 is 0 Å². The highest BCUT2D eigenvalue weighted by atomic mass is 16.5. The van der Waals surface area contributed by atoms with Gasteiger partial charge < -0.3 is 25.2 Å². The van der Waals surface area contributed by atoms with Gasteiger partial charge in [-0.05, 0) is 6.42 Å². The van der Waals surface area contributed by atoms with Gasteiger partial charge in [-0.25, -0.2) is 0 Å². The Morgan fingerprint density at radius 1 is 1.56 bits per heavy atom. The number of morpholine rings is 1. The van der Waals surface area contributed by atoms with E-state index in [9.17, 15) is 4.79 Å². The minimum absolute atomic E-state index is 0.0261. The number of amides is 1. The summed E-state index contributed by atoms with van der Waals surface area (Å²) >= 11 is 0. The number of rotatable bonds is 7. The quantitative estimate of drug-likeness (QED) is 0.465. The Morgan fingerprint density at radius 2 is 2.44 bits per heavy atom. The van der Waals surface area contributed by atoms with E-state index in [-0.39, 0.29) is 18.6 Å². The number of aliphatic hydroxyl groups excluding tert-OH is 1. The molecular formula is C10H20N2O4. The molecule has 0 aromatic rings. The fourth-order valence-corrected chi connectivity index (χ4v) is 1.41. The highest BCUT2D eigenvalue weighted by Crippen LogP contribution is 1.93. The number of hydrogen-bond acceptors (Lipinski definition) is 5. The van der Waals surface area contributed by atoms with Crippen LogP contribution in [0.1, 0.15) is 6.42 Å². The lowest BCUT2D eigenvalue weighted by molar-refractivity contribution is -0.125. The maximum atomic E-state index is 11.6. The molecule has 6 nitrogen and oxygen atoms in total. The first-order valence-electron chi connectivity index (χ1n) is 5.62. The van der Waals surface area contributed by atoms with E-state index < -0.39 is 0 Å². The van der Waals surface area contributed by atoms with E-state index in [0.29, 0.717) is 33.0 Å². The molecule has 1 aliphatic rings. The van der Waals surface area contributed by atoms with Crippen LogP contribution in [-0.4, -0.2) is 63.2 Å². The van der Waals surface area contributed by atoms with Gasteiger partial charge in [0.25, 0.3) is 0 Å². The molecule has 1 heterocycles. The topological polar surface area (TPSA) is 79.8 Å². The van der Waals surface area contributed by atoms with Gasteiger partial charge in [-0.2, -0.15) is 0 Å². The van der Waals surface area contributed by atoms with Crippen molar-refractivity contribution in [2.75, 3.05) is 46.1 Å². The maximum Gasteiger partial charge on any atom is 0.239 e. The summed E-state index contributed by atoms with van der Waals surface area (Å²) in [4.78, 5) is 11.6. The minimum atomic E-state index is -0.230. The predicted octanol–water partition coefficient (Wildman–Crippen LogP) is -1.51. The van der Waals surface area contributed by atoms with Crippen LogP contribution in [0.5, 0.6) is 0 Å². The Kier molecular flexibility index (Phi) is 7.07. The Bertz CT molecular complexity index is 195. The van der Waals surface area contributed by atoms with Crippen LogP contribution in [0.3, 0.4) is 0 Å². The van der Waals surface area contributed by atoms with Crippen LogP contribution in [0.2, 0.25) is 0 Å². The van der Waals surface area contributed by atoms with E-state index in [4.69, 9.17) is 14.6 Å². The summed E-state index contributed by atoms with van der Waals surface area (Å²) < 4.78 is 10.3. The van der Waals surface area contributed by atoms with Crippen molar-refractivity contribution in [3.63, 3.8) is 0 Å². The summed E-state index contributed by atoms with van der Waals surface area (Å²) in [5.41, 5.74) is 0. The molecule has 6 heteroatoms. The average molecular weight is 232 g/mol. The molecule has 0 aromatic heterocycles. The standard InChI is InChI=1S/C10H20N2O4/c13-4-7-15-5-1-2-12-10(14)9-8-16-6-3-11-9/h9,11,13H,1-8H2,(H,12,14). The second kappa shape index (κ2) is 8.46. The molecule has 94 valence electrons. The Morgan fingerprint density at radius 3 is 3.12 bits per heavy atom. The molecule has 1 atom stereocenters. The number of ether oxygens (including phenoxy) is 2. The molecule has 0 radical (unpaired) electrons. The molecule has 0 aliphatic carbocycles. The second-order valence-electron chi connectivity index (χ2n) is 3.56. The number of carbonyl (C=O) groups excluding carboxylic acids is 1. The Hall–Kier alpha value is -0.690. The smallest absolute Gasteiger partial charge is 0.239 e. The van der Waals surface area contributed by atoms with Gasteiger partial charge in [0.1, 0.15) is 6.04 Å². The zero-order chi connectivity index (χ0) is 11.6. The Labute approximate surface area is 95.3 Å². The van der Waals surface area contributed by atoms with E-state index in [0.717, 1.165) is 13.0 Å². The van der Waals surface area contributed by atoms with Crippen molar-refractivity contribution in [1.82, 2.24) is 10.6 Å². The SMILES string of the molecule is O=C(NCCCOCCO)C1COCCN1. The number of nitrogens with one attached hydrogen (secondary N) is 2. The maximum absolute atomic E-state index is 11.6. The van der Waals surface area contributed by atoms with Crippen molar-refractivity contribution in [2.45, 2.75) is 12.5 Å². The summed E-state index contributed by atoms with van der Waals surface area (Å²) in [5.74, 6) is -0.0261. The van der Waals surface area contributed by atoms with Crippen molar-refractivity contribution in [3.8, 4) is 0 Å². The molecule has 1 fully saturated rings. The molecule has 16 heavy (non-hydrogen) atoms. The first-order chi connectivity index (χ1) is 7.84. The van der Waals surface area contributed by atoms with Crippen LogP contribution < -0.4 is 10.6 Å². The van der Waals surface area contributed by atoms with Gasteiger partial charge in [-0.1, -0.05) is 0 Å². The lowest BCUT2D eigenvalue weighted by Gasteiger charge is -2.22. The van der Waals surface area contributed by atoms with Crippen molar-refractivity contribution in [1.29, 1.82) is 0 Å². The molecule has 0 aromatic carbocycles. The summed E-state index contributed by atoms with van der Waals surface area (Å²) in [6.45, 7) is 3.35. The molecule has 3 N–H and O–H groups in total. The lowest BCUT2D eigenvalue weighted by atomic mass is 10.2. The monoisotopic (exact) mass is 232 g/mol. The molecule has 1 aliphatic heterocycles. The van der Waals surface area contributed by atoms with Crippen LogP contribution in [0.25, 0.3) is 0 Å². The zero-order valence-corrected chi connectivity index (χ0v) is 9.41. The molecule has 0 bridgehead atoms. The number of hydrogen-bond donors (Lipinski definition) is 3. The van der Waals surface area contributed by atoms with Gasteiger partial charge >= 0.3 is 0 Å². The number of aliphatic hydroxyl groups is 1. The van der Waals surface area contributed by atoms with Gasteiger partial charge in [-0.15, -0.1) is 0 Å². The van der Waals surface area contributed by atoms with Crippen molar-refractivity contribution in [3.05, 3.63) is 0 Å². The highest BCUT2D eigenvalue weighted by molar-refractivity contribution is 5.81. The summed E-state index contributed by atoms with van der Waals surface area (Å²) in [7, 11) is 0. The van der Waals surface area contributed by atoms with E-state index in [1.165, 1.54) is 0 Å². The van der Waals surface area contributed by atoms with Crippen LogP contribution in [-0.2, 0) is 14.3 Å². The van der Waals surface area contributed by atoms with Gasteiger partial charge in [0, 0.05) is 19.7 Å². The molecule has 0 spiro atoms. The van der Waals surface area contributed by atoms with Crippen molar-refractivity contribution >= 4 is 5.91 Å². The normalized spacial score (nSPS) is 20.7. The predicted molar refractivity (Wildman–Crippen MR) is 58.1 cm³/mol. The molecule has 1 rings (SSSR count). The third-order valence-electron chi connectivity index (χ3n) is 2.24. The average Bonchev–Trinajstić information content (AvgIpc) is 2.34. The van der Waals surface area contributed by atoms with Crippen LogP contribution in [0.4, 0.5) is 0 Å². The Balaban J connectivity index is 1.97. The minimum Gasteiger partial charge on any atom is -0.394 e. The van der Waals surface area contributed by atoms with E-state index in [1.807, 2.05) is 0 Å². The zero-order valence-electron chi connectivity index (χ0n) is 9.41.